The molecule has 0 saturated carbocycles. The van der Waals surface area contributed by atoms with Gasteiger partial charge < -0.3 is 11.6 Å². The van der Waals surface area contributed by atoms with Gasteiger partial charge in [0, 0.05) is 6.42 Å². The van der Waals surface area contributed by atoms with Crippen molar-refractivity contribution in [2.24, 2.45) is 5.73 Å². The maximum Gasteiger partial charge on any atom is 0.279 e. The van der Waals surface area contributed by atoms with E-state index in [1.807, 2.05) is 6.07 Å². The molecular weight excluding hydrogens is 192 g/mol. The molecule has 0 atom stereocenters. The molecule has 0 fully saturated rings. The quantitative estimate of drug-likeness (QED) is 0.652. The highest BCUT2D eigenvalue weighted by Gasteiger charge is 2.06. The summed E-state index contributed by atoms with van der Waals surface area (Å²) < 4.78 is 1.06. The van der Waals surface area contributed by atoms with E-state index in [4.69, 9.17) is 11.6 Å². The second-order valence-corrected chi connectivity index (χ2v) is 3.26. The predicted molar refractivity (Wildman–Crippen MR) is 58.9 cm³/mol. The van der Waals surface area contributed by atoms with Crippen LogP contribution in [0.3, 0.4) is 0 Å². The van der Waals surface area contributed by atoms with Gasteiger partial charge in [-0.2, -0.15) is 0 Å². The Morgan fingerprint density at radius 1 is 1.33 bits per heavy atom. The van der Waals surface area contributed by atoms with E-state index in [-0.39, 0.29) is 5.56 Å². The van der Waals surface area contributed by atoms with Crippen LogP contribution >= 0.6 is 0 Å². The van der Waals surface area contributed by atoms with E-state index in [1.165, 1.54) is 0 Å². The number of nitrogens with zero attached hydrogens (tertiary/aromatic N) is 2. The van der Waals surface area contributed by atoms with Gasteiger partial charge in [-0.15, -0.1) is 0 Å². The molecule has 1 aromatic carbocycles. The predicted octanol–water partition coefficient (Wildman–Crippen LogP) is -0.389. The zero-order valence-electron chi connectivity index (χ0n) is 8.18. The maximum absolute atomic E-state index is 11.8. The zero-order chi connectivity index (χ0) is 10.8. The lowest BCUT2D eigenvalue weighted by Crippen LogP contribution is -2.32. The first-order valence-corrected chi connectivity index (χ1v) is 4.70. The fourth-order valence-corrected chi connectivity index (χ4v) is 1.50. The van der Waals surface area contributed by atoms with Gasteiger partial charge in [-0.05, 0) is 18.7 Å². The highest BCUT2D eigenvalue weighted by molar-refractivity contribution is 5.77. The van der Waals surface area contributed by atoms with Crippen LogP contribution in [0.2, 0.25) is 0 Å². The third-order valence-corrected chi connectivity index (χ3v) is 2.25. The molecule has 0 radical (unpaired) electrons. The van der Waals surface area contributed by atoms with E-state index in [1.54, 1.807) is 18.2 Å². The lowest BCUT2D eigenvalue weighted by molar-refractivity contribution is 0.770. The van der Waals surface area contributed by atoms with Crippen molar-refractivity contribution in [1.29, 1.82) is 0 Å². The normalized spacial score (nSPS) is 10.7. The van der Waals surface area contributed by atoms with Crippen molar-refractivity contribution >= 4 is 10.9 Å². The average Bonchev–Trinajstić information content (AvgIpc) is 2.26. The van der Waals surface area contributed by atoms with Crippen molar-refractivity contribution in [3.05, 3.63) is 40.4 Å². The molecular formula is C10H12N4O. The van der Waals surface area contributed by atoms with Gasteiger partial charge in [0.2, 0.25) is 0 Å². The Morgan fingerprint density at radius 2 is 2.07 bits per heavy atom. The summed E-state index contributed by atoms with van der Waals surface area (Å²) >= 11 is 0. The number of nitrogen functional groups attached to an aromatic ring is 1. The first kappa shape index (κ1) is 9.67. The van der Waals surface area contributed by atoms with Crippen molar-refractivity contribution in [3.63, 3.8) is 0 Å². The van der Waals surface area contributed by atoms with Crippen LogP contribution in [-0.4, -0.2) is 16.2 Å². The molecule has 4 N–H and O–H groups in total. The summed E-state index contributed by atoms with van der Waals surface area (Å²) in [5.74, 6) is 6.14. The molecule has 0 spiro atoms. The first-order valence-electron chi connectivity index (χ1n) is 4.70. The largest absolute Gasteiger partial charge is 0.335 e. The van der Waals surface area contributed by atoms with Crippen molar-refractivity contribution < 1.29 is 0 Å². The molecule has 0 aliphatic rings. The van der Waals surface area contributed by atoms with Crippen molar-refractivity contribution in [3.8, 4) is 0 Å². The van der Waals surface area contributed by atoms with Crippen LogP contribution < -0.4 is 17.1 Å². The molecule has 2 rings (SSSR count). The topological polar surface area (TPSA) is 86.9 Å². The van der Waals surface area contributed by atoms with Crippen molar-refractivity contribution in [1.82, 2.24) is 9.66 Å². The minimum absolute atomic E-state index is 0.232. The molecule has 1 aromatic heterocycles. The number of aromatic nitrogens is 2. The van der Waals surface area contributed by atoms with Gasteiger partial charge in [-0.3, -0.25) is 4.79 Å². The molecule has 5 nitrogen and oxygen atoms in total. The van der Waals surface area contributed by atoms with Crippen LogP contribution in [0.15, 0.2) is 29.1 Å². The Bertz CT molecular complexity index is 547. The standard InChI is InChI=1S/C10H12N4O/c11-6-5-9-13-8-4-2-1-3-7(8)10(15)14(9)12/h1-4H,5-6,11-12H2. The van der Waals surface area contributed by atoms with Crippen molar-refractivity contribution in [2.45, 2.75) is 6.42 Å². The molecule has 2 aromatic rings. The SMILES string of the molecule is NCCc1nc2ccccc2c(=O)n1N. The highest BCUT2D eigenvalue weighted by Crippen LogP contribution is 2.06. The minimum Gasteiger partial charge on any atom is -0.335 e. The summed E-state index contributed by atoms with van der Waals surface area (Å²) in [5.41, 5.74) is 5.84. The molecule has 0 amide bonds. The summed E-state index contributed by atoms with van der Waals surface area (Å²) in [6.07, 6.45) is 0.497. The number of fused-ring (bicyclic) bond motifs is 1. The van der Waals surface area contributed by atoms with Gasteiger partial charge in [0.1, 0.15) is 5.82 Å². The van der Waals surface area contributed by atoms with E-state index in [2.05, 4.69) is 4.98 Å². The highest BCUT2D eigenvalue weighted by atomic mass is 16.1. The zero-order valence-corrected chi connectivity index (χ0v) is 8.18. The summed E-state index contributed by atoms with van der Waals surface area (Å²) in [6.45, 7) is 0.419. The smallest absolute Gasteiger partial charge is 0.279 e. The van der Waals surface area contributed by atoms with Gasteiger partial charge >= 0.3 is 0 Å². The van der Waals surface area contributed by atoms with E-state index in [0.717, 1.165) is 4.68 Å². The molecule has 1 heterocycles. The first-order chi connectivity index (χ1) is 7.24. The van der Waals surface area contributed by atoms with Crippen LogP contribution in [0, 0.1) is 0 Å². The monoisotopic (exact) mass is 204 g/mol. The number of rotatable bonds is 2. The molecule has 0 aliphatic heterocycles. The Morgan fingerprint density at radius 3 is 2.80 bits per heavy atom. The maximum atomic E-state index is 11.8. The lowest BCUT2D eigenvalue weighted by atomic mass is 10.2. The van der Waals surface area contributed by atoms with Crippen molar-refractivity contribution in [2.75, 3.05) is 12.4 Å². The number of nitrogens with two attached hydrogens (primary N) is 2. The van der Waals surface area contributed by atoms with Gasteiger partial charge in [0.25, 0.3) is 5.56 Å². The molecule has 78 valence electrons. The van der Waals surface area contributed by atoms with E-state index < -0.39 is 0 Å². The Balaban J connectivity index is 2.77. The second-order valence-electron chi connectivity index (χ2n) is 3.26. The van der Waals surface area contributed by atoms with E-state index in [9.17, 15) is 4.79 Å². The van der Waals surface area contributed by atoms with Gasteiger partial charge in [-0.25, -0.2) is 9.66 Å². The fourth-order valence-electron chi connectivity index (χ4n) is 1.50. The van der Waals surface area contributed by atoms with Gasteiger partial charge in [0.05, 0.1) is 10.9 Å². The number of hydrogen-bond acceptors (Lipinski definition) is 4. The summed E-state index contributed by atoms with van der Waals surface area (Å²) in [5, 5.41) is 0.528. The van der Waals surface area contributed by atoms with E-state index in [0.29, 0.717) is 29.7 Å². The summed E-state index contributed by atoms with van der Waals surface area (Å²) in [4.78, 5) is 16.1. The third kappa shape index (κ3) is 1.57. The van der Waals surface area contributed by atoms with Gasteiger partial charge in [0.15, 0.2) is 0 Å². The Labute approximate surface area is 86.3 Å². The lowest BCUT2D eigenvalue weighted by Gasteiger charge is -2.07. The molecule has 0 saturated heterocycles. The van der Waals surface area contributed by atoms with Gasteiger partial charge in [-0.1, -0.05) is 12.1 Å². The number of para-hydroxylation sites is 1. The summed E-state index contributed by atoms with van der Waals surface area (Å²) in [7, 11) is 0. The molecule has 15 heavy (non-hydrogen) atoms. The fraction of sp³-hybridized carbons (Fsp3) is 0.200. The van der Waals surface area contributed by atoms with Crippen LogP contribution in [0.4, 0.5) is 0 Å². The second kappa shape index (κ2) is 3.70. The average molecular weight is 204 g/mol. The number of benzene rings is 1. The molecule has 0 unspecified atom stereocenters. The molecule has 0 aliphatic carbocycles. The minimum atomic E-state index is -0.232. The number of hydrogen-bond donors (Lipinski definition) is 2. The molecule has 0 bridgehead atoms. The van der Waals surface area contributed by atoms with Crippen LogP contribution in [0.25, 0.3) is 10.9 Å². The van der Waals surface area contributed by atoms with Crippen LogP contribution in [0.5, 0.6) is 0 Å². The summed E-state index contributed by atoms with van der Waals surface area (Å²) in [6, 6.07) is 7.12. The molecule has 5 heteroatoms. The van der Waals surface area contributed by atoms with E-state index >= 15 is 0 Å². The Kier molecular flexibility index (Phi) is 2.39. The van der Waals surface area contributed by atoms with Crippen LogP contribution in [0.1, 0.15) is 5.82 Å². The third-order valence-electron chi connectivity index (χ3n) is 2.25. The van der Waals surface area contributed by atoms with Crippen LogP contribution in [-0.2, 0) is 6.42 Å². The Hall–Kier alpha value is -1.88.